The van der Waals surface area contributed by atoms with Crippen molar-refractivity contribution in [3.8, 4) is 6.07 Å². The minimum absolute atomic E-state index is 0.205. The number of anilines is 1. The highest BCUT2D eigenvalue weighted by molar-refractivity contribution is 5.63. The second-order valence-electron chi connectivity index (χ2n) is 3.43. The van der Waals surface area contributed by atoms with Crippen LogP contribution in [0.4, 0.5) is 32.2 Å². The molecule has 10 heteroatoms. The smallest absolute Gasteiger partial charge is 0.362 e. The van der Waals surface area contributed by atoms with Gasteiger partial charge in [-0.1, -0.05) is 0 Å². The molecule has 1 rings (SSSR count). The molecule has 20 heavy (non-hydrogen) atoms. The predicted octanol–water partition coefficient (Wildman–Crippen LogP) is 2.60. The zero-order chi connectivity index (χ0) is 15.6. The standard InChI is InChI=1S/C10H5F6N3O/c11-9(12,13)6-3-7(10(14,15)16)19-8(5(6)4-17)18-1-2-20/h2-3H,1H2,(H,18,19). The number of pyridine rings is 1. The molecule has 1 N–H and O–H groups in total. The SMILES string of the molecule is N#Cc1c(C(F)(F)F)cc(C(F)(F)F)nc1NCC=O. The molecular formula is C10H5F6N3O. The van der Waals surface area contributed by atoms with Gasteiger partial charge in [-0.2, -0.15) is 31.6 Å². The van der Waals surface area contributed by atoms with Gasteiger partial charge in [-0.3, -0.25) is 0 Å². The summed E-state index contributed by atoms with van der Waals surface area (Å²) in [5, 5.41) is 10.6. The molecule has 0 saturated heterocycles. The van der Waals surface area contributed by atoms with Crippen molar-refractivity contribution in [1.82, 2.24) is 4.98 Å². The first kappa shape index (κ1) is 15.7. The number of nitrogens with one attached hydrogen (secondary N) is 1. The van der Waals surface area contributed by atoms with Crippen molar-refractivity contribution in [2.24, 2.45) is 0 Å². The maximum absolute atomic E-state index is 12.7. The number of carbonyl (C=O) groups is 1. The first-order valence-electron chi connectivity index (χ1n) is 4.88. The predicted molar refractivity (Wildman–Crippen MR) is 53.5 cm³/mol. The summed E-state index contributed by atoms with van der Waals surface area (Å²) in [5.41, 5.74) is -4.68. The van der Waals surface area contributed by atoms with Crippen molar-refractivity contribution >= 4 is 12.1 Å². The molecular weight excluding hydrogens is 292 g/mol. The van der Waals surface area contributed by atoms with Gasteiger partial charge < -0.3 is 10.1 Å². The largest absolute Gasteiger partial charge is 0.433 e. The quantitative estimate of drug-likeness (QED) is 0.688. The summed E-state index contributed by atoms with van der Waals surface area (Å²) in [7, 11) is 0. The van der Waals surface area contributed by atoms with Crippen molar-refractivity contribution < 1.29 is 31.1 Å². The van der Waals surface area contributed by atoms with Gasteiger partial charge in [0.05, 0.1) is 12.1 Å². The van der Waals surface area contributed by atoms with Gasteiger partial charge in [0.15, 0.2) is 0 Å². The van der Waals surface area contributed by atoms with E-state index in [2.05, 4.69) is 4.98 Å². The first-order valence-corrected chi connectivity index (χ1v) is 4.88. The average Bonchev–Trinajstić information content (AvgIpc) is 2.32. The maximum atomic E-state index is 12.7. The molecule has 0 aliphatic carbocycles. The first-order chi connectivity index (χ1) is 9.11. The molecule has 0 atom stereocenters. The van der Waals surface area contributed by atoms with E-state index >= 15 is 0 Å². The Morgan fingerprint density at radius 1 is 1.25 bits per heavy atom. The highest BCUT2D eigenvalue weighted by Crippen LogP contribution is 2.38. The minimum atomic E-state index is -5.16. The fourth-order valence-corrected chi connectivity index (χ4v) is 1.29. The van der Waals surface area contributed by atoms with Crippen LogP contribution in [0, 0.1) is 11.3 Å². The van der Waals surface area contributed by atoms with Crippen LogP contribution in [0.3, 0.4) is 0 Å². The van der Waals surface area contributed by atoms with Crippen molar-refractivity contribution in [3.05, 3.63) is 22.9 Å². The molecule has 1 aromatic rings. The number of rotatable bonds is 3. The van der Waals surface area contributed by atoms with Gasteiger partial charge in [0.25, 0.3) is 0 Å². The summed E-state index contributed by atoms with van der Waals surface area (Å²) >= 11 is 0. The molecule has 1 heterocycles. The zero-order valence-corrected chi connectivity index (χ0v) is 9.43. The molecule has 4 nitrogen and oxygen atoms in total. The Bertz CT molecular complexity index is 558. The summed E-state index contributed by atoms with van der Waals surface area (Å²) in [5.74, 6) is -0.943. The number of alkyl halides is 6. The molecule has 0 aliphatic heterocycles. The van der Waals surface area contributed by atoms with Crippen LogP contribution < -0.4 is 5.32 Å². The second-order valence-corrected chi connectivity index (χ2v) is 3.43. The topological polar surface area (TPSA) is 65.8 Å². The van der Waals surface area contributed by atoms with E-state index in [9.17, 15) is 31.1 Å². The molecule has 0 saturated carbocycles. The number of nitriles is 1. The van der Waals surface area contributed by atoms with Gasteiger partial charge in [0.1, 0.15) is 29.4 Å². The van der Waals surface area contributed by atoms with Crippen LogP contribution in [0.5, 0.6) is 0 Å². The third-order valence-electron chi connectivity index (χ3n) is 2.08. The van der Waals surface area contributed by atoms with E-state index in [1.54, 1.807) is 0 Å². The Morgan fingerprint density at radius 3 is 2.25 bits per heavy atom. The lowest BCUT2D eigenvalue weighted by Crippen LogP contribution is -2.18. The summed E-state index contributed by atoms with van der Waals surface area (Å²) in [6, 6.07) is 0.885. The number of halogens is 6. The maximum Gasteiger partial charge on any atom is 0.433 e. The molecule has 0 amide bonds. The van der Waals surface area contributed by atoms with Crippen LogP contribution in [0.1, 0.15) is 16.8 Å². The van der Waals surface area contributed by atoms with Crippen molar-refractivity contribution in [1.29, 1.82) is 5.26 Å². The van der Waals surface area contributed by atoms with Gasteiger partial charge >= 0.3 is 12.4 Å². The van der Waals surface area contributed by atoms with Gasteiger partial charge in [-0.05, 0) is 6.07 Å². The number of aldehydes is 1. The van der Waals surface area contributed by atoms with Gasteiger partial charge in [-0.25, -0.2) is 4.98 Å². The highest BCUT2D eigenvalue weighted by Gasteiger charge is 2.41. The summed E-state index contributed by atoms with van der Waals surface area (Å²) < 4.78 is 75.4. The molecule has 0 radical (unpaired) electrons. The molecule has 0 aromatic carbocycles. The van der Waals surface area contributed by atoms with Crippen molar-refractivity contribution in [3.63, 3.8) is 0 Å². The van der Waals surface area contributed by atoms with E-state index in [1.807, 2.05) is 5.32 Å². The summed E-state index contributed by atoms with van der Waals surface area (Å²) in [6.45, 7) is -0.583. The Kier molecular flexibility index (Phi) is 4.22. The van der Waals surface area contributed by atoms with E-state index in [4.69, 9.17) is 5.26 Å². The lowest BCUT2D eigenvalue weighted by atomic mass is 10.1. The second kappa shape index (κ2) is 5.36. The Balaban J connectivity index is 3.57. The van der Waals surface area contributed by atoms with Crippen LogP contribution in [0.2, 0.25) is 0 Å². The van der Waals surface area contributed by atoms with Crippen LogP contribution in [-0.4, -0.2) is 17.8 Å². The molecule has 0 unspecified atom stereocenters. The van der Waals surface area contributed by atoms with Crippen LogP contribution >= 0.6 is 0 Å². The number of carbonyl (C=O) groups excluding carboxylic acids is 1. The molecule has 0 spiro atoms. The molecule has 1 aromatic heterocycles. The third-order valence-corrected chi connectivity index (χ3v) is 2.08. The lowest BCUT2D eigenvalue weighted by Gasteiger charge is -2.15. The molecule has 0 bridgehead atoms. The number of hydrogen-bond acceptors (Lipinski definition) is 4. The number of aromatic nitrogens is 1. The monoisotopic (exact) mass is 297 g/mol. The lowest BCUT2D eigenvalue weighted by molar-refractivity contribution is -0.145. The zero-order valence-electron chi connectivity index (χ0n) is 9.43. The Labute approximate surface area is 108 Å². The van der Waals surface area contributed by atoms with Crippen LogP contribution in [-0.2, 0) is 17.1 Å². The summed E-state index contributed by atoms with van der Waals surface area (Å²) in [6.07, 6.45) is -10.1. The molecule has 0 fully saturated rings. The molecule has 0 aliphatic rings. The van der Waals surface area contributed by atoms with Crippen LogP contribution in [0.15, 0.2) is 6.07 Å². The fraction of sp³-hybridized carbons (Fsp3) is 0.300. The normalized spacial score (nSPS) is 11.8. The van der Waals surface area contributed by atoms with E-state index in [1.165, 1.54) is 0 Å². The van der Waals surface area contributed by atoms with Crippen molar-refractivity contribution in [2.45, 2.75) is 12.4 Å². The average molecular weight is 297 g/mol. The van der Waals surface area contributed by atoms with E-state index in [-0.39, 0.29) is 12.4 Å². The van der Waals surface area contributed by atoms with E-state index < -0.39 is 41.5 Å². The fourth-order valence-electron chi connectivity index (χ4n) is 1.29. The highest BCUT2D eigenvalue weighted by atomic mass is 19.4. The van der Waals surface area contributed by atoms with Gasteiger partial charge in [0.2, 0.25) is 0 Å². The van der Waals surface area contributed by atoms with E-state index in [0.717, 1.165) is 6.07 Å². The Hall–Kier alpha value is -2.31. The van der Waals surface area contributed by atoms with Crippen molar-refractivity contribution in [2.75, 3.05) is 11.9 Å². The van der Waals surface area contributed by atoms with Gasteiger partial charge in [-0.15, -0.1) is 0 Å². The Morgan fingerprint density at radius 2 is 1.85 bits per heavy atom. The molecule has 108 valence electrons. The van der Waals surface area contributed by atoms with Crippen LogP contribution in [0.25, 0.3) is 0 Å². The number of hydrogen-bond donors (Lipinski definition) is 1. The van der Waals surface area contributed by atoms with Gasteiger partial charge in [0, 0.05) is 0 Å². The third kappa shape index (κ3) is 3.37. The minimum Gasteiger partial charge on any atom is -0.362 e. The number of nitrogens with zero attached hydrogens (tertiary/aromatic N) is 2. The van der Waals surface area contributed by atoms with E-state index in [0.29, 0.717) is 0 Å². The summed E-state index contributed by atoms with van der Waals surface area (Å²) in [4.78, 5) is 13.0.